The van der Waals surface area contributed by atoms with Gasteiger partial charge in [-0.25, -0.2) is 9.18 Å². The van der Waals surface area contributed by atoms with Gasteiger partial charge in [0.25, 0.3) is 0 Å². The Kier molecular flexibility index (Phi) is 5.76. The Morgan fingerprint density at radius 1 is 1.08 bits per heavy atom. The van der Waals surface area contributed by atoms with E-state index in [2.05, 4.69) is 0 Å². The van der Waals surface area contributed by atoms with Crippen molar-refractivity contribution in [2.24, 2.45) is 0 Å². The van der Waals surface area contributed by atoms with Crippen LogP contribution in [0.25, 0.3) is 0 Å². The van der Waals surface area contributed by atoms with E-state index in [1.165, 1.54) is 49.5 Å². The lowest BCUT2D eigenvalue weighted by molar-refractivity contribution is -0.138. The van der Waals surface area contributed by atoms with Crippen LogP contribution in [0, 0.1) is 5.82 Å². The van der Waals surface area contributed by atoms with Crippen LogP contribution in [0.2, 0.25) is 5.02 Å². The number of carbonyl (C=O) groups is 2. The summed E-state index contributed by atoms with van der Waals surface area (Å²) < 4.78 is 22.7. The SMILES string of the molecule is COC(=O)CN(c1ccc(F)cc1)c1ccc(Cl)cc1C(=O)OC. The van der Waals surface area contributed by atoms with E-state index in [0.29, 0.717) is 16.4 Å². The molecule has 0 aliphatic rings. The zero-order valence-corrected chi connectivity index (χ0v) is 13.8. The van der Waals surface area contributed by atoms with Crippen LogP contribution < -0.4 is 4.90 Å². The van der Waals surface area contributed by atoms with Gasteiger partial charge in [0.2, 0.25) is 0 Å². The summed E-state index contributed by atoms with van der Waals surface area (Å²) >= 11 is 5.95. The second-order valence-electron chi connectivity index (χ2n) is 4.79. The minimum Gasteiger partial charge on any atom is -0.468 e. The minimum atomic E-state index is -0.607. The number of benzene rings is 2. The molecule has 0 unspecified atom stereocenters. The monoisotopic (exact) mass is 351 g/mol. The fourth-order valence-corrected chi connectivity index (χ4v) is 2.32. The summed E-state index contributed by atoms with van der Waals surface area (Å²) in [6.45, 7) is -0.173. The van der Waals surface area contributed by atoms with E-state index in [1.807, 2.05) is 0 Å². The number of carbonyl (C=O) groups excluding carboxylic acids is 2. The molecule has 0 fully saturated rings. The molecule has 0 radical (unpaired) electrons. The highest BCUT2D eigenvalue weighted by Crippen LogP contribution is 2.31. The summed E-state index contributed by atoms with van der Waals surface area (Å²) in [5.74, 6) is -1.55. The molecule has 0 amide bonds. The topological polar surface area (TPSA) is 55.8 Å². The Balaban J connectivity index is 2.56. The largest absolute Gasteiger partial charge is 0.468 e. The Bertz CT molecular complexity index is 749. The van der Waals surface area contributed by atoms with Crippen molar-refractivity contribution in [1.82, 2.24) is 0 Å². The normalized spacial score (nSPS) is 10.2. The Hall–Kier alpha value is -2.60. The van der Waals surface area contributed by atoms with Gasteiger partial charge in [0.15, 0.2) is 0 Å². The molecule has 7 heteroatoms. The number of anilines is 2. The average Bonchev–Trinajstić information content (AvgIpc) is 2.59. The molecule has 0 saturated carbocycles. The van der Waals surface area contributed by atoms with Crippen LogP contribution >= 0.6 is 11.6 Å². The van der Waals surface area contributed by atoms with Crippen LogP contribution in [0.5, 0.6) is 0 Å². The second-order valence-corrected chi connectivity index (χ2v) is 5.23. The number of ether oxygens (including phenoxy) is 2. The first kappa shape index (κ1) is 17.7. The fourth-order valence-electron chi connectivity index (χ4n) is 2.15. The molecule has 5 nitrogen and oxygen atoms in total. The third kappa shape index (κ3) is 4.02. The summed E-state index contributed by atoms with van der Waals surface area (Å²) in [5.41, 5.74) is 1.08. The van der Waals surface area contributed by atoms with Gasteiger partial charge in [-0.1, -0.05) is 11.6 Å². The van der Waals surface area contributed by atoms with Gasteiger partial charge < -0.3 is 14.4 Å². The van der Waals surface area contributed by atoms with Gasteiger partial charge in [0.1, 0.15) is 12.4 Å². The number of hydrogen-bond acceptors (Lipinski definition) is 5. The maximum absolute atomic E-state index is 13.2. The molecule has 0 aliphatic carbocycles. The van der Waals surface area contributed by atoms with Crippen LogP contribution in [0.15, 0.2) is 42.5 Å². The summed E-state index contributed by atoms with van der Waals surface area (Å²) in [7, 11) is 2.50. The van der Waals surface area contributed by atoms with Crippen LogP contribution in [0.4, 0.5) is 15.8 Å². The van der Waals surface area contributed by atoms with Gasteiger partial charge in [0.05, 0.1) is 25.5 Å². The highest BCUT2D eigenvalue weighted by molar-refractivity contribution is 6.31. The molecule has 0 N–H and O–H groups in total. The first-order valence-corrected chi connectivity index (χ1v) is 7.32. The molecule has 0 bridgehead atoms. The molecule has 24 heavy (non-hydrogen) atoms. The van der Waals surface area contributed by atoms with Gasteiger partial charge >= 0.3 is 11.9 Å². The van der Waals surface area contributed by atoms with Crippen LogP contribution in [-0.2, 0) is 14.3 Å². The first-order valence-electron chi connectivity index (χ1n) is 6.94. The average molecular weight is 352 g/mol. The molecule has 0 heterocycles. The van der Waals surface area contributed by atoms with E-state index in [9.17, 15) is 14.0 Å². The number of esters is 2. The van der Waals surface area contributed by atoms with E-state index in [-0.39, 0.29) is 12.1 Å². The van der Waals surface area contributed by atoms with Crippen LogP contribution in [0.1, 0.15) is 10.4 Å². The highest BCUT2D eigenvalue weighted by atomic mass is 35.5. The van der Waals surface area contributed by atoms with Gasteiger partial charge in [-0.05, 0) is 42.5 Å². The summed E-state index contributed by atoms with van der Waals surface area (Å²) in [6.07, 6.45) is 0. The molecular weight excluding hydrogens is 337 g/mol. The molecule has 126 valence electrons. The molecule has 2 rings (SSSR count). The maximum atomic E-state index is 13.2. The Morgan fingerprint density at radius 2 is 1.75 bits per heavy atom. The first-order chi connectivity index (χ1) is 11.5. The van der Waals surface area contributed by atoms with Gasteiger partial charge in [0, 0.05) is 10.7 Å². The van der Waals surface area contributed by atoms with Gasteiger partial charge in [-0.15, -0.1) is 0 Å². The van der Waals surface area contributed by atoms with Crippen molar-refractivity contribution in [1.29, 1.82) is 0 Å². The van der Waals surface area contributed by atoms with Gasteiger partial charge in [-0.3, -0.25) is 4.79 Å². The highest BCUT2D eigenvalue weighted by Gasteiger charge is 2.21. The Morgan fingerprint density at radius 3 is 2.33 bits per heavy atom. The molecule has 0 aliphatic heterocycles. The lowest BCUT2D eigenvalue weighted by Gasteiger charge is -2.25. The summed E-state index contributed by atoms with van der Waals surface area (Å²) in [6, 6.07) is 10.1. The number of halogens is 2. The van der Waals surface area contributed by atoms with Crippen molar-refractivity contribution < 1.29 is 23.5 Å². The molecular formula is C17H15ClFNO4. The smallest absolute Gasteiger partial charge is 0.340 e. The quantitative estimate of drug-likeness (QED) is 0.771. The molecule has 0 aromatic heterocycles. The van der Waals surface area contributed by atoms with Crippen molar-refractivity contribution in [2.45, 2.75) is 0 Å². The fraction of sp³-hybridized carbons (Fsp3) is 0.176. The molecule has 0 saturated heterocycles. The van der Waals surface area contributed by atoms with E-state index < -0.39 is 17.8 Å². The maximum Gasteiger partial charge on any atom is 0.340 e. The summed E-state index contributed by atoms with van der Waals surface area (Å²) in [4.78, 5) is 25.3. The zero-order chi connectivity index (χ0) is 17.7. The minimum absolute atomic E-state index is 0.173. The number of methoxy groups -OCH3 is 2. The Labute approximate surface area is 143 Å². The lowest BCUT2D eigenvalue weighted by atomic mass is 10.1. The van der Waals surface area contributed by atoms with E-state index in [4.69, 9.17) is 21.1 Å². The molecule has 0 spiro atoms. The standard InChI is InChI=1S/C17H15ClFNO4/c1-23-16(21)10-20(13-6-4-12(19)5-7-13)15-8-3-11(18)9-14(15)17(22)24-2/h3-9H,10H2,1-2H3. The van der Waals surface area contributed by atoms with Crippen molar-refractivity contribution in [3.63, 3.8) is 0 Å². The third-order valence-electron chi connectivity index (χ3n) is 3.31. The van der Waals surface area contributed by atoms with Crippen LogP contribution in [-0.4, -0.2) is 32.7 Å². The van der Waals surface area contributed by atoms with Crippen molar-refractivity contribution in [3.05, 3.63) is 58.9 Å². The molecule has 0 atom stereocenters. The lowest BCUT2D eigenvalue weighted by Crippen LogP contribution is -2.27. The summed E-state index contributed by atoms with van der Waals surface area (Å²) in [5, 5.41) is 0.344. The van der Waals surface area contributed by atoms with E-state index in [1.54, 1.807) is 12.1 Å². The van der Waals surface area contributed by atoms with Gasteiger partial charge in [-0.2, -0.15) is 0 Å². The van der Waals surface area contributed by atoms with Crippen LogP contribution in [0.3, 0.4) is 0 Å². The van der Waals surface area contributed by atoms with E-state index in [0.717, 1.165) is 0 Å². The van der Waals surface area contributed by atoms with Crippen molar-refractivity contribution >= 4 is 34.9 Å². The predicted molar refractivity (Wildman–Crippen MR) is 88.2 cm³/mol. The number of rotatable bonds is 5. The van der Waals surface area contributed by atoms with E-state index >= 15 is 0 Å². The zero-order valence-electron chi connectivity index (χ0n) is 13.1. The number of nitrogens with zero attached hydrogens (tertiary/aromatic N) is 1. The van der Waals surface area contributed by atoms with Crippen molar-refractivity contribution in [2.75, 3.05) is 25.7 Å². The van der Waals surface area contributed by atoms with Crippen molar-refractivity contribution in [3.8, 4) is 0 Å². The predicted octanol–water partition coefficient (Wildman–Crippen LogP) is 3.58. The number of hydrogen-bond donors (Lipinski definition) is 0. The molecule has 2 aromatic carbocycles. The molecule has 2 aromatic rings. The second kappa shape index (κ2) is 7.79. The third-order valence-corrected chi connectivity index (χ3v) is 3.54.